The van der Waals surface area contributed by atoms with Gasteiger partial charge in [0.25, 0.3) is 5.91 Å². The molecule has 0 spiro atoms. The second-order valence-electron chi connectivity index (χ2n) is 7.24. The van der Waals surface area contributed by atoms with Crippen molar-refractivity contribution in [2.24, 2.45) is 0 Å². The van der Waals surface area contributed by atoms with Gasteiger partial charge in [0.05, 0.1) is 10.1 Å². The number of hydrogen-bond acceptors (Lipinski definition) is 4. The van der Waals surface area contributed by atoms with Crippen LogP contribution < -0.4 is 4.74 Å². The second kappa shape index (κ2) is 7.35. The molecule has 2 fully saturated rings. The summed E-state index contributed by atoms with van der Waals surface area (Å²) in [5.74, 6) is 0.613. The van der Waals surface area contributed by atoms with Gasteiger partial charge >= 0.3 is 0 Å². The molecule has 5 nitrogen and oxygen atoms in total. The van der Waals surface area contributed by atoms with Gasteiger partial charge in [0, 0.05) is 12.1 Å². The molecule has 2 unspecified atom stereocenters. The first-order valence-electron chi connectivity index (χ1n) is 9.33. The van der Waals surface area contributed by atoms with Crippen LogP contribution in [-0.2, 0) is 14.6 Å². The number of fused-ring (bicyclic) bond motifs is 2. The minimum absolute atomic E-state index is 0.00683. The van der Waals surface area contributed by atoms with Crippen molar-refractivity contribution in [3.8, 4) is 5.75 Å². The number of hydrogen-bond donors (Lipinski definition) is 0. The van der Waals surface area contributed by atoms with Crippen molar-refractivity contribution in [3.63, 3.8) is 0 Å². The van der Waals surface area contributed by atoms with Crippen molar-refractivity contribution in [2.45, 2.75) is 47.9 Å². The lowest BCUT2D eigenvalue weighted by atomic mass is 10.0. The Morgan fingerprint density at radius 2 is 1.48 bits per heavy atom. The molecule has 2 aromatic carbocycles. The molecule has 2 bridgehead atoms. The summed E-state index contributed by atoms with van der Waals surface area (Å²) >= 11 is 0. The van der Waals surface area contributed by atoms with Crippen LogP contribution in [0.1, 0.15) is 25.7 Å². The number of piperidine rings is 1. The fraction of sp³-hybridized carbons (Fsp3) is 0.381. The molecule has 2 heterocycles. The van der Waals surface area contributed by atoms with Gasteiger partial charge in [-0.3, -0.25) is 4.79 Å². The smallest absolute Gasteiger partial charge is 0.261 e. The summed E-state index contributed by atoms with van der Waals surface area (Å²) in [4.78, 5) is 15.0. The fourth-order valence-corrected chi connectivity index (χ4v) is 6.20. The van der Waals surface area contributed by atoms with Crippen LogP contribution in [0.3, 0.4) is 0 Å². The Morgan fingerprint density at radius 3 is 2.07 bits per heavy atom. The summed E-state index contributed by atoms with van der Waals surface area (Å²) in [5, 5.41) is -0.420. The summed E-state index contributed by atoms with van der Waals surface area (Å²) in [6.45, 7) is -0.00683. The molecule has 2 aliphatic heterocycles. The predicted octanol–water partition coefficient (Wildman–Crippen LogP) is 3.06. The van der Waals surface area contributed by atoms with Gasteiger partial charge in [-0.05, 0) is 49.9 Å². The first-order valence-corrected chi connectivity index (χ1v) is 10.9. The average Bonchev–Trinajstić information content (AvgIpc) is 2.97. The van der Waals surface area contributed by atoms with Gasteiger partial charge < -0.3 is 9.64 Å². The van der Waals surface area contributed by atoms with E-state index in [1.54, 1.807) is 24.3 Å². The summed E-state index contributed by atoms with van der Waals surface area (Å²) in [7, 11) is -3.36. The van der Waals surface area contributed by atoms with Crippen molar-refractivity contribution in [1.82, 2.24) is 4.90 Å². The zero-order valence-corrected chi connectivity index (χ0v) is 15.8. The summed E-state index contributed by atoms with van der Waals surface area (Å²) < 4.78 is 31.5. The maximum atomic E-state index is 13.0. The second-order valence-corrected chi connectivity index (χ2v) is 9.47. The van der Waals surface area contributed by atoms with Crippen LogP contribution >= 0.6 is 0 Å². The molecule has 0 aliphatic carbocycles. The predicted molar refractivity (Wildman–Crippen MR) is 102 cm³/mol. The molecule has 2 saturated heterocycles. The van der Waals surface area contributed by atoms with Crippen LogP contribution in [0.2, 0.25) is 0 Å². The van der Waals surface area contributed by atoms with E-state index in [0.717, 1.165) is 12.8 Å². The molecule has 2 aromatic rings. The molecule has 1 amide bonds. The molecule has 27 heavy (non-hydrogen) atoms. The number of carbonyl (C=O) groups excluding carboxylic acids is 1. The largest absolute Gasteiger partial charge is 0.484 e. The van der Waals surface area contributed by atoms with E-state index >= 15 is 0 Å². The highest BCUT2D eigenvalue weighted by Crippen LogP contribution is 2.39. The van der Waals surface area contributed by atoms with E-state index in [9.17, 15) is 13.2 Å². The van der Waals surface area contributed by atoms with E-state index in [1.165, 1.54) is 0 Å². The monoisotopic (exact) mass is 385 g/mol. The van der Waals surface area contributed by atoms with Gasteiger partial charge in [-0.15, -0.1) is 0 Å². The molecule has 4 rings (SSSR count). The zero-order chi connectivity index (χ0) is 18.9. The number of benzene rings is 2. The Kier molecular flexibility index (Phi) is 4.91. The van der Waals surface area contributed by atoms with Crippen LogP contribution in [0.4, 0.5) is 0 Å². The summed E-state index contributed by atoms with van der Waals surface area (Å²) in [5.41, 5.74) is 0. The average molecular weight is 385 g/mol. The van der Waals surface area contributed by atoms with Gasteiger partial charge in [0.1, 0.15) is 5.75 Å². The lowest BCUT2D eigenvalue weighted by Gasteiger charge is -2.38. The van der Waals surface area contributed by atoms with E-state index in [1.807, 2.05) is 41.3 Å². The lowest BCUT2D eigenvalue weighted by Crippen LogP contribution is -2.51. The third-order valence-corrected chi connectivity index (χ3v) is 7.79. The molecule has 0 saturated carbocycles. The first kappa shape index (κ1) is 18.0. The van der Waals surface area contributed by atoms with E-state index in [2.05, 4.69) is 0 Å². The maximum absolute atomic E-state index is 13.0. The standard InChI is InChI=1S/C21H23NO4S/c23-21(15-26-18-7-3-1-4-8-18)22-16-11-12-17(22)14-20(13-16)27(24,25)19-9-5-2-6-10-19/h1-10,16-17,20H,11-15H2. The SMILES string of the molecule is O=C(COc1ccccc1)N1C2CCC1CC(S(=O)(=O)c1ccccc1)C2. The van der Waals surface area contributed by atoms with E-state index < -0.39 is 15.1 Å². The van der Waals surface area contributed by atoms with Gasteiger partial charge in [0.15, 0.2) is 16.4 Å². The Hall–Kier alpha value is -2.34. The van der Waals surface area contributed by atoms with Crippen molar-refractivity contribution in [3.05, 3.63) is 60.7 Å². The Balaban J connectivity index is 1.44. The third kappa shape index (κ3) is 3.58. The first-order chi connectivity index (χ1) is 13.1. The Bertz CT molecular complexity index is 884. The molecule has 2 atom stereocenters. The number of carbonyl (C=O) groups is 1. The quantitative estimate of drug-likeness (QED) is 0.794. The van der Waals surface area contributed by atoms with Crippen LogP contribution in [-0.4, -0.2) is 43.2 Å². The van der Waals surface area contributed by atoms with E-state index in [0.29, 0.717) is 23.5 Å². The lowest BCUT2D eigenvalue weighted by molar-refractivity contribution is -0.137. The maximum Gasteiger partial charge on any atom is 0.261 e. The van der Waals surface area contributed by atoms with Gasteiger partial charge in [-0.25, -0.2) is 8.42 Å². The number of nitrogens with zero attached hydrogens (tertiary/aromatic N) is 1. The number of para-hydroxylation sites is 1. The van der Waals surface area contributed by atoms with Crippen molar-refractivity contribution in [1.29, 1.82) is 0 Å². The van der Waals surface area contributed by atoms with E-state index in [-0.39, 0.29) is 24.6 Å². The normalized spacial score (nSPS) is 24.6. The number of rotatable bonds is 5. The molecule has 2 aliphatic rings. The highest BCUT2D eigenvalue weighted by atomic mass is 32.2. The fourth-order valence-electron chi connectivity index (χ4n) is 4.33. The summed E-state index contributed by atoms with van der Waals surface area (Å²) in [6.07, 6.45) is 2.74. The van der Waals surface area contributed by atoms with Crippen LogP contribution in [0.15, 0.2) is 65.6 Å². The van der Waals surface area contributed by atoms with Gasteiger partial charge in [0.2, 0.25) is 0 Å². The Labute approximate surface area is 159 Å². The number of sulfone groups is 1. The van der Waals surface area contributed by atoms with Gasteiger partial charge in [-0.1, -0.05) is 36.4 Å². The molecular weight excluding hydrogens is 362 g/mol. The van der Waals surface area contributed by atoms with Crippen molar-refractivity contribution < 1.29 is 17.9 Å². The van der Waals surface area contributed by atoms with Crippen LogP contribution in [0.25, 0.3) is 0 Å². The third-order valence-electron chi connectivity index (χ3n) is 5.59. The number of ether oxygens (including phenoxy) is 1. The minimum atomic E-state index is -3.36. The van der Waals surface area contributed by atoms with Gasteiger partial charge in [-0.2, -0.15) is 0 Å². The highest BCUT2D eigenvalue weighted by Gasteiger charge is 2.47. The van der Waals surface area contributed by atoms with Crippen molar-refractivity contribution >= 4 is 15.7 Å². The molecule has 6 heteroatoms. The Morgan fingerprint density at radius 1 is 0.926 bits per heavy atom. The molecule has 0 N–H and O–H groups in total. The zero-order valence-electron chi connectivity index (χ0n) is 15.0. The highest BCUT2D eigenvalue weighted by molar-refractivity contribution is 7.92. The molecular formula is C21H23NO4S. The summed E-state index contributed by atoms with van der Waals surface area (Å²) in [6, 6.07) is 17.9. The molecule has 0 radical (unpaired) electrons. The number of amides is 1. The van der Waals surface area contributed by atoms with E-state index in [4.69, 9.17) is 4.74 Å². The minimum Gasteiger partial charge on any atom is -0.484 e. The topological polar surface area (TPSA) is 63.7 Å². The van der Waals surface area contributed by atoms with Crippen molar-refractivity contribution in [2.75, 3.05) is 6.61 Å². The molecule has 0 aromatic heterocycles. The van der Waals surface area contributed by atoms with Crippen LogP contribution in [0.5, 0.6) is 5.75 Å². The molecule has 142 valence electrons. The van der Waals surface area contributed by atoms with Crippen LogP contribution in [0, 0.1) is 0 Å².